The van der Waals surface area contributed by atoms with Crippen LogP contribution in [0, 0.1) is 17.2 Å². The predicted molar refractivity (Wildman–Crippen MR) is 66.6 cm³/mol. The summed E-state index contributed by atoms with van der Waals surface area (Å²) >= 11 is 0. The summed E-state index contributed by atoms with van der Waals surface area (Å²) in [5.74, 6) is 0.227. The van der Waals surface area contributed by atoms with E-state index in [1.54, 1.807) is 6.33 Å². The van der Waals surface area contributed by atoms with Gasteiger partial charge in [0.1, 0.15) is 5.52 Å². The number of para-hydroxylation sites is 1. The Morgan fingerprint density at radius 2 is 2.18 bits per heavy atom. The topological polar surface area (TPSA) is 55.7 Å². The molecule has 0 saturated carbocycles. The van der Waals surface area contributed by atoms with Crippen molar-refractivity contribution in [3.05, 3.63) is 24.5 Å². The van der Waals surface area contributed by atoms with Crippen molar-refractivity contribution in [2.75, 3.05) is 18.0 Å². The number of hydrogen-bond acceptors (Lipinski definition) is 3. The maximum absolute atomic E-state index is 8.90. The smallest absolute Gasteiger partial charge is 0.112 e. The Hall–Kier alpha value is -2.02. The van der Waals surface area contributed by atoms with E-state index in [0.717, 1.165) is 37.0 Å². The summed E-state index contributed by atoms with van der Waals surface area (Å²) in [7, 11) is 0. The first kappa shape index (κ1) is 10.2. The third kappa shape index (κ3) is 1.74. The SMILES string of the molecule is N#CC1CCN(c2cccc3[nH]cnc23)CC1. The van der Waals surface area contributed by atoms with Crippen LogP contribution in [-0.2, 0) is 0 Å². The maximum atomic E-state index is 8.90. The van der Waals surface area contributed by atoms with E-state index < -0.39 is 0 Å². The number of nitriles is 1. The lowest BCUT2D eigenvalue weighted by Crippen LogP contribution is -2.33. The number of aromatic amines is 1. The van der Waals surface area contributed by atoms with Crippen LogP contribution >= 0.6 is 0 Å². The molecule has 2 aromatic rings. The molecule has 1 aliphatic rings. The number of fused-ring (bicyclic) bond motifs is 1. The summed E-state index contributed by atoms with van der Waals surface area (Å²) < 4.78 is 0. The van der Waals surface area contributed by atoms with Crippen molar-refractivity contribution >= 4 is 16.7 Å². The van der Waals surface area contributed by atoms with Gasteiger partial charge in [-0.3, -0.25) is 0 Å². The van der Waals surface area contributed by atoms with Gasteiger partial charge < -0.3 is 9.88 Å². The minimum absolute atomic E-state index is 0.227. The highest BCUT2D eigenvalue weighted by atomic mass is 15.1. The van der Waals surface area contributed by atoms with Gasteiger partial charge in [-0.2, -0.15) is 5.26 Å². The van der Waals surface area contributed by atoms with Gasteiger partial charge in [-0.25, -0.2) is 4.98 Å². The van der Waals surface area contributed by atoms with Crippen molar-refractivity contribution in [2.45, 2.75) is 12.8 Å². The second-order valence-electron chi connectivity index (χ2n) is 4.47. The van der Waals surface area contributed by atoms with Crippen molar-refractivity contribution in [2.24, 2.45) is 5.92 Å². The van der Waals surface area contributed by atoms with Crippen LogP contribution in [0.15, 0.2) is 24.5 Å². The van der Waals surface area contributed by atoms with E-state index in [0.29, 0.717) is 0 Å². The number of H-pyrrole nitrogens is 1. The average Bonchev–Trinajstić information content (AvgIpc) is 2.87. The number of anilines is 1. The highest BCUT2D eigenvalue weighted by molar-refractivity contribution is 5.88. The van der Waals surface area contributed by atoms with E-state index in [1.807, 2.05) is 12.1 Å². The zero-order chi connectivity index (χ0) is 11.7. The third-order valence-corrected chi connectivity index (χ3v) is 3.45. The minimum atomic E-state index is 0.227. The molecule has 0 aliphatic carbocycles. The van der Waals surface area contributed by atoms with E-state index in [-0.39, 0.29) is 5.92 Å². The molecule has 3 rings (SSSR count). The van der Waals surface area contributed by atoms with Gasteiger partial charge in [0.2, 0.25) is 0 Å². The first-order chi connectivity index (χ1) is 8.38. The van der Waals surface area contributed by atoms with Gasteiger partial charge in [0.25, 0.3) is 0 Å². The first-order valence-electron chi connectivity index (χ1n) is 5.95. The lowest BCUT2D eigenvalue weighted by Gasteiger charge is -2.31. The monoisotopic (exact) mass is 226 g/mol. The van der Waals surface area contributed by atoms with E-state index in [2.05, 4.69) is 27.0 Å². The largest absolute Gasteiger partial charge is 0.370 e. The summed E-state index contributed by atoms with van der Waals surface area (Å²) in [4.78, 5) is 9.83. The molecular formula is C13H14N4. The molecule has 1 saturated heterocycles. The van der Waals surface area contributed by atoms with Crippen LogP contribution in [0.5, 0.6) is 0 Å². The van der Waals surface area contributed by atoms with Gasteiger partial charge in [-0.1, -0.05) is 6.07 Å². The van der Waals surface area contributed by atoms with Gasteiger partial charge in [-0.05, 0) is 25.0 Å². The Morgan fingerprint density at radius 3 is 2.94 bits per heavy atom. The van der Waals surface area contributed by atoms with Gasteiger partial charge in [-0.15, -0.1) is 0 Å². The van der Waals surface area contributed by atoms with Crippen LogP contribution in [0.3, 0.4) is 0 Å². The zero-order valence-electron chi connectivity index (χ0n) is 9.56. The molecular weight excluding hydrogens is 212 g/mol. The van der Waals surface area contributed by atoms with Gasteiger partial charge in [0, 0.05) is 19.0 Å². The second-order valence-corrected chi connectivity index (χ2v) is 4.47. The Kier molecular flexibility index (Phi) is 2.45. The Bertz CT molecular complexity index is 558. The molecule has 2 heterocycles. The standard InChI is InChI=1S/C13H14N4/c14-8-10-4-6-17(7-5-10)12-3-1-2-11-13(12)16-9-15-11/h1-3,9-10H,4-7H2,(H,15,16). The fourth-order valence-corrected chi connectivity index (χ4v) is 2.45. The lowest BCUT2D eigenvalue weighted by atomic mass is 9.98. The molecule has 4 heteroatoms. The van der Waals surface area contributed by atoms with Gasteiger partial charge in [0.05, 0.1) is 23.6 Å². The predicted octanol–water partition coefficient (Wildman–Crippen LogP) is 2.30. The highest BCUT2D eigenvalue weighted by Gasteiger charge is 2.20. The number of benzene rings is 1. The van der Waals surface area contributed by atoms with Crippen LogP contribution in [0.1, 0.15) is 12.8 Å². The first-order valence-corrected chi connectivity index (χ1v) is 5.95. The molecule has 0 amide bonds. The molecule has 1 fully saturated rings. The molecule has 1 aromatic carbocycles. The molecule has 17 heavy (non-hydrogen) atoms. The summed E-state index contributed by atoms with van der Waals surface area (Å²) in [5, 5.41) is 8.90. The number of rotatable bonds is 1. The Morgan fingerprint density at radius 1 is 1.35 bits per heavy atom. The van der Waals surface area contributed by atoms with E-state index in [9.17, 15) is 0 Å². The van der Waals surface area contributed by atoms with Crippen molar-refractivity contribution in [3.63, 3.8) is 0 Å². The van der Waals surface area contributed by atoms with Crippen molar-refractivity contribution in [1.82, 2.24) is 9.97 Å². The Labute approximate surface area is 99.9 Å². The second kappa shape index (κ2) is 4.10. The summed E-state index contributed by atoms with van der Waals surface area (Å²) in [6.45, 7) is 1.90. The van der Waals surface area contributed by atoms with E-state index in [1.165, 1.54) is 5.69 Å². The summed E-state index contributed by atoms with van der Waals surface area (Å²) in [6.07, 6.45) is 3.64. The third-order valence-electron chi connectivity index (χ3n) is 3.45. The number of nitrogens with zero attached hydrogens (tertiary/aromatic N) is 3. The Balaban J connectivity index is 1.90. The molecule has 0 atom stereocenters. The molecule has 1 N–H and O–H groups in total. The average molecular weight is 226 g/mol. The normalized spacial score (nSPS) is 17.2. The maximum Gasteiger partial charge on any atom is 0.112 e. The number of hydrogen-bond donors (Lipinski definition) is 1. The van der Waals surface area contributed by atoms with Crippen LogP contribution in [-0.4, -0.2) is 23.1 Å². The van der Waals surface area contributed by atoms with Crippen LogP contribution in [0.2, 0.25) is 0 Å². The molecule has 86 valence electrons. The number of aromatic nitrogens is 2. The van der Waals surface area contributed by atoms with Crippen molar-refractivity contribution in [3.8, 4) is 6.07 Å². The quantitative estimate of drug-likeness (QED) is 0.811. The molecule has 1 aliphatic heterocycles. The summed E-state index contributed by atoms with van der Waals surface area (Å²) in [5.41, 5.74) is 3.29. The molecule has 4 nitrogen and oxygen atoms in total. The molecule has 0 radical (unpaired) electrons. The minimum Gasteiger partial charge on any atom is -0.370 e. The molecule has 0 spiro atoms. The lowest BCUT2D eigenvalue weighted by molar-refractivity contribution is 0.488. The molecule has 0 unspecified atom stereocenters. The van der Waals surface area contributed by atoms with Gasteiger partial charge in [0.15, 0.2) is 0 Å². The number of nitrogens with one attached hydrogen (secondary N) is 1. The molecule has 0 bridgehead atoms. The zero-order valence-corrected chi connectivity index (χ0v) is 9.56. The van der Waals surface area contributed by atoms with Crippen molar-refractivity contribution in [1.29, 1.82) is 5.26 Å². The highest BCUT2D eigenvalue weighted by Crippen LogP contribution is 2.28. The van der Waals surface area contributed by atoms with Crippen molar-refractivity contribution < 1.29 is 0 Å². The number of imidazole rings is 1. The van der Waals surface area contributed by atoms with Crippen LogP contribution < -0.4 is 4.90 Å². The molecule has 1 aromatic heterocycles. The number of piperidine rings is 1. The van der Waals surface area contributed by atoms with Crippen LogP contribution in [0.25, 0.3) is 11.0 Å². The fourth-order valence-electron chi connectivity index (χ4n) is 2.45. The van der Waals surface area contributed by atoms with E-state index in [4.69, 9.17) is 5.26 Å². The fraction of sp³-hybridized carbons (Fsp3) is 0.385. The van der Waals surface area contributed by atoms with Crippen LogP contribution in [0.4, 0.5) is 5.69 Å². The van der Waals surface area contributed by atoms with E-state index >= 15 is 0 Å². The van der Waals surface area contributed by atoms with Gasteiger partial charge >= 0.3 is 0 Å². The summed E-state index contributed by atoms with van der Waals surface area (Å²) in [6, 6.07) is 8.55.